The van der Waals surface area contributed by atoms with Crippen LogP contribution in [0, 0.1) is 0 Å². The molecule has 7 heteroatoms. The number of methoxy groups -OCH3 is 1. The number of hydrogen-bond acceptors (Lipinski definition) is 5. The van der Waals surface area contributed by atoms with Gasteiger partial charge < -0.3 is 14.9 Å². The highest BCUT2D eigenvalue weighted by atomic mass is 35.5. The summed E-state index contributed by atoms with van der Waals surface area (Å²) in [6.45, 7) is 0. The number of halogens is 1. The lowest BCUT2D eigenvalue weighted by atomic mass is 9.95. The second kappa shape index (κ2) is 8.16. The van der Waals surface area contributed by atoms with E-state index in [0.717, 1.165) is 0 Å². The average molecular weight is 436 g/mol. The molecule has 0 aromatic heterocycles. The van der Waals surface area contributed by atoms with Crippen molar-refractivity contribution in [1.82, 2.24) is 0 Å². The van der Waals surface area contributed by atoms with Crippen LogP contribution in [0.15, 0.2) is 78.4 Å². The molecular weight excluding hydrogens is 418 g/mol. The fraction of sp³-hybridized carbons (Fsp3) is 0.0833. The Morgan fingerprint density at radius 2 is 1.71 bits per heavy atom. The van der Waals surface area contributed by atoms with Gasteiger partial charge in [0.05, 0.1) is 18.7 Å². The molecule has 1 atom stereocenters. The number of carbonyl (C=O) groups is 2. The van der Waals surface area contributed by atoms with Crippen molar-refractivity contribution < 1.29 is 24.5 Å². The first-order valence-electron chi connectivity index (χ1n) is 9.40. The van der Waals surface area contributed by atoms with Crippen LogP contribution in [0.2, 0.25) is 5.02 Å². The first kappa shape index (κ1) is 20.5. The molecule has 1 unspecified atom stereocenters. The summed E-state index contributed by atoms with van der Waals surface area (Å²) in [5, 5.41) is 21.5. The Morgan fingerprint density at radius 3 is 2.39 bits per heavy atom. The fourth-order valence-electron chi connectivity index (χ4n) is 3.63. The van der Waals surface area contributed by atoms with E-state index in [1.54, 1.807) is 60.7 Å². The smallest absolute Gasteiger partial charge is 0.300 e. The first-order chi connectivity index (χ1) is 14.9. The first-order valence-corrected chi connectivity index (χ1v) is 9.78. The van der Waals surface area contributed by atoms with E-state index in [0.29, 0.717) is 27.6 Å². The predicted octanol–water partition coefficient (Wildman–Crippen LogP) is 4.68. The zero-order valence-electron chi connectivity index (χ0n) is 16.4. The molecule has 3 aromatic rings. The molecule has 0 aliphatic carbocycles. The lowest BCUT2D eigenvalue weighted by Gasteiger charge is -2.25. The number of benzene rings is 3. The van der Waals surface area contributed by atoms with Crippen LogP contribution in [0.5, 0.6) is 11.5 Å². The van der Waals surface area contributed by atoms with Crippen molar-refractivity contribution in [3.8, 4) is 11.5 Å². The summed E-state index contributed by atoms with van der Waals surface area (Å²) in [5.41, 5.74) is 1.15. The standard InChI is InChI=1S/C24H18ClNO5/c1-31-19-7-3-5-17(13-19)26-21(15-4-2-6-18(27)12-15)20(23(29)24(26)30)22(28)14-8-10-16(25)11-9-14/h2-13,21,27-28H,1H3/b22-20+. The van der Waals surface area contributed by atoms with E-state index in [2.05, 4.69) is 0 Å². The summed E-state index contributed by atoms with van der Waals surface area (Å²) >= 11 is 5.93. The predicted molar refractivity (Wildman–Crippen MR) is 117 cm³/mol. The highest BCUT2D eigenvalue weighted by Crippen LogP contribution is 2.43. The van der Waals surface area contributed by atoms with Crippen LogP contribution in [0.4, 0.5) is 5.69 Å². The highest BCUT2D eigenvalue weighted by molar-refractivity contribution is 6.51. The Bertz CT molecular complexity index is 1200. The second-order valence-corrected chi connectivity index (χ2v) is 7.41. The van der Waals surface area contributed by atoms with Gasteiger partial charge in [0.15, 0.2) is 0 Å². The second-order valence-electron chi connectivity index (χ2n) is 6.97. The van der Waals surface area contributed by atoms with Crippen molar-refractivity contribution in [2.75, 3.05) is 12.0 Å². The van der Waals surface area contributed by atoms with Gasteiger partial charge in [-0.15, -0.1) is 0 Å². The molecule has 156 valence electrons. The number of ether oxygens (including phenoxy) is 1. The number of ketones is 1. The molecule has 1 saturated heterocycles. The molecule has 1 fully saturated rings. The van der Waals surface area contributed by atoms with Crippen molar-refractivity contribution in [1.29, 1.82) is 0 Å². The molecule has 3 aromatic carbocycles. The lowest BCUT2D eigenvalue weighted by Crippen LogP contribution is -2.29. The summed E-state index contributed by atoms with van der Waals surface area (Å²) in [6.07, 6.45) is 0. The molecule has 1 heterocycles. The largest absolute Gasteiger partial charge is 0.508 e. The Morgan fingerprint density at radius 1 is 1.00 bits per heavy atom. The number of aliphatic hydroxyl groups is 1. The van der Waals surface area contributed by atoms with Gasteiger partial charge in [-0.1, -0.05) is 29.8 Å². The molecule has 0 saturated carbocycles. The highest BCUT2D eigenvalue weighted by Gasteiger charge is 2.47. The SMILES string of the molecule is COc1cccc(N2C(=O)C(=O)/C(=C(/O)c3ccc(Cl)cc3)C2c2cccc(O)c2)c1. The van der Waals surface area contributed by atoms with E-state index in [9.17, 15) is 19.8 Å². The van der Waals surface area contributed by atoms with Crippen molar-refractivity contribution >= 4 is 34.7 Å². The Balaban J connectivity index is 1.95. The van der Waals surface area contributed by atoms with Gasteiger partial charge in [0, 0.05) is 22.3 Å². The fourth-order valence-corrected chi connectivity index (χ4v) is 3.76. The third kappa shape index (κ3) is 3.73. The van der Waals surface area contributed by atoms with Crippen molar-refractivity contribution in [2.45, 2.75) is 6.04 Å². The molecule has 1 amide bonds. The average Bonchev–Trinajstić information content (AvgIpc) is 3.04. The van der Waals surface area contributed by atoms with E-state index in [-0.39, 0.29) is 17.1 Å². The minimum Gasteiger partial charge on any atom is -0.508 e. The van der Waals surface area contributed by atoms with Gasteiger partial charge in [-0.05, 0) is 54.1 Å². The molecule has 0 radical (unpaired) electrons. The lowest BCUT2D eigenvalue weighted by molar-refractivity contribution is -0.132. The van der Waals surface area contributed by atoms with E-state index < -0.39 is 17.7 Å². The third-order valence-corrected chi connectivity index (χ3v) is 5.33. The van der Waals surface area contributed by atoms with Crippen LogP contribution in [-0.2, 0) is 9.59 Å². The summed E-state index contributed by atoms with van der Waals surface area (Å²) in [5.74, 6) is -1.47. The Hall–Kier alpha value is -3.77. The molecular formula is C24H18ClNO5. The van der Waals surface area contributed by atoms with Gasteiger partial charge in [0.25, 0.3) is 11.7 Å². The molecule has 4 rings (SSSR count). The van der Waals surface area contributed by atoms with Crippen LogP contribution in [0.3, 0.4) is 0 Å². The number of Topliss-reactive ketones (excluding diaryl/α,β-unsaturated/α-hetero) is 1. The van der Waals surface area contributed by atoms with Gasteiger partial charge in [0.1, 0.15) is 17.3 Å². The number of anilines is 1. The minimum absolute atomic E-state index is 0.0276. The molecule has 1 aliphatic heterocycles. The number of amides is 1. The summed E-state index contributed by atoms with van der Waals surface area (Å²) in [7, 11) is 1.50. The van der Waals surface area contributed by atoms with E-state index >= 15 is 0 Å². The van der Waals surface area contributed by atoms with Crippen LogP contribution >= 0.6 is 11.6 Å². The summed E-state index contributed by atoms with van der Waals surface area (Å²) in [6, 6.07) is 18.3. The van der Waals surface area contributed by atoms with E-state index in [1.807, 2.05) is 0 Å². The number of phenolic OH excluding ortho intramolecular Hbond substituents is 1. The van der Waals surface area contributed by atoms with Gasteiger partial charge in [-0.2, -0.15) is 0 Å². The van der Waals surface area contributed by atoms with Crippen LogP contribution in [0.1, 0.15) is 17.2 Å². The van der Waals surface area contributed by atoms with Crippen LogP contribution < -0.4 is 9.64 Å². The summed E-state index contributed by atoms with van der Waals surface area (Å²) in [4.78, 5) is 27.4. The molecule has 31 heavy (non-hydrogen) atoms. The maximum Gasteiger partial charge on any atom is 0.300 e. The van der Waals surface area contributed by atoms with E-state index in [4.69, 9.17) is 16.3 Å². The number of hydrogen-bond donors (Lipinski definition) is 2. The maximum atomic E-state index is 13.1. The zero-order valence-corrected chi connectivity index (χ0v) is 17.2. The normalized spacial score (nSPS) is 17.7. The van der Waals surface area contributed by atoms with Crippen molar-refractivity contribution in [2.24, 2.45) is 0 Å². The maximum absolute atomic E-state index is 13.1. The van der Waals surface area contributed by atoms with E-state index in [1.165, 1.54) is 24.1 Å². The number of phenols is 1. The number of nitrogens with zero attached hydrogens (tertiary/aromatic N) is 1. The molecule has 6 nitrogen and oxygen atoms in total. The van der Waals surface area contributed by atoms with Crippen LogP contribution in [-0.4, -0.2) is 29.0 Å². The Labute approximate surface area is 183 Å². The summed E-state index contributed by atoms with van der Waals surface area (Å²) < 4.78 is 5.25. The molecule has 1 aliphatic rings. The van der Waals surface area contributed by atoms with Crippen molar-refractivity contribution in [3.05, 3.63) is 94.5 Å². The van der Waals surface area contributed by atoms with Crippen LogP contribution in [0.25, 0.3) is 5.76 Å². The minimum atomic E-state index is -0.949. The molecule has 2 N–H and O–H groups in total. The number of aliphatic hydroxyl groups excluding tert-OH is 1. The number of aromatic hydroxyl groups is 1. The molecule has 0 bridgehead atoms. The topological polar surface area (TPSA) is 87.1 Å². The zero-order chi connectivity index (χ0) is 22.1. The number of carbonyl (C=O) groups excluding carboxylic acids is 2. The monoisotopic (exact) mass is 435 g/mol. The third-order valence-electron chi connectivity index (χ3n) is 5.08. The quantitative estimate of drug-likeness (QED) is 0.353. The van der Waals surface area contributed by atoms with Gasteiger partial charge in [0.2, 0.25) is 0 Å². The molecule has 0 spiro atoms. The number of rotatable bonds is 4. The Kier molecular flexibility index (Phi) is 5.40. The van der Waals surface area contributed by atoms with Gasteiger partial charge >= 0.3 is 0 Å². The van der Waals surface area contributed by atoms with Crippen molar-refractivity contribution in [3.63, 3.8) is 0 Å². The van der Waals surface area contributed by atoms with Gasteiger partial charge in [-0.3, -0.25) is 14.5 Å². The van der Waals surface area contributed by atoms with Gasteiger partial charge in [-0.25, -0.2) is 0 Å².